The first-order valence-electron chi connectivity index (χ1n) is 7.92. The highest BCUT2D eigenvalue weighted by molar-refractivity contribution is 5.93. The van der Waals surface area contributed by atoms with Crippen molar-refractivity contribution in [2.24, 2.45) is 5.41 Å². The molecule has 4 heteroatoms. The molecule has 0 bridgehead atoms. The fraction of sp³-hybridized carbons (Fsp3) is 0.444. The molecule has 4 nitrogen and oxygen atoms in total. The molecule has 1 aromatic heterocycles. The molecule has 1 amide bonds. The Labute approximate surface area is 128 Å². The minimum atomic E-state index is -0.486. The summed E-state index contributed by atoms with van der Waals surface area (Å²) < 4.78 is 5.59. The largest absolute Gasteiger partial charge is 0.361 e. The molecule has 22 heavy (non-hydrogen) atoms. The van der Waals surface area contributed by atoms with Gasteiger partial charge in [-0.1, -0.05) is 42.4 Å². The first-order chi connectivity index (χ1) is 10.6. The van der Waals surface area contributed by atoms with Gasteiger partial charge in [0.05, 0.1) is 11.6 Å². The van der Waals surface area contributed by atoms with Crippen molar-refractivity contribution in [3.8, 4) is 0 Å². The van der Waals surface area contributed by atoms with Crippen LogP contribution in [-0.2, 0) is 22.0 Å². The van der Waals surface area contributed by atoms with E-state index in [9.17, 15) is 4.79 Å². The third-order valence-corrected chi connectivity index (χ3v) is 6.50. The number of benzene rings is 1. The van der Waals surface area contributed by atoms with Gasteiger partial charge in [0.25, 0.3) is 0 Å². The Hall–Kier alpha value is -2.10. The summed E-state index contributed by atoms with van der Waals surface area (Å²) >= 11 is 0. The minimum absolute atomic E-state index is 0.0315. The van der Waals surface area contributed by atoms with Crippen molar-refractivity contribution >= 4 is 5.91 Å². The third-order valence-electron chi connectivity index (χ3n) is 6.50. The Morgan fingerprint density at radius 3 is 2.91 bits per heavy atom. The number of hydrogen-bond acceptors (Lipinski definition) is 3. The first-order valence-corrected chi connectivity index (χ1v) is 7.92. The number of aromatic nitrogens is 1. The van der Waals surface area contributed by atoms with E-state index in [1.54, 1.807) is 6.20 Å². The summed E-state index contributed by atoms with van der Waals surface area (Å²) in [6, 6.07) is 10.3. The SMILES string of the molecule is CC12C[C@]13CCNC(=O)[C@@]3(c1ccccc1)Cc1cnoc12. The van der Waals surface area contributed by atoms with Gasteiger partial charge >= 0.3 is 0 Å². The molecule has 1 spiro atoms. The molecule has 0 radical (unpaired) electrons. The molecule has 112 valence electrons. The van der Waals surface area contributed by atoms with Crippen molar-refractivity contribution in [1.29, 1.82) is 0 Å². The molecule has 1 aliphatic heterocycles. The van der Waals surface area contributed by atoms with Crippen molar-refractivity contribution in [3.05, 3.63) is 53.4 Å². The zero-order valence-electron chi connectivity index (χ0n) is 12.6. The van der Waals surface area contributed by atoms with E-state index in [4.69, 9.17) is 4.52 Å². The molecule has 2 aromatic rings. The van der Waals surface area contributed by atoms with E-state index in [0.29, 0.717) is 6.42 Å². The topological polar surface area (TPSA) is 55.1 Å². The van der Waals surface area contributed by atoms with Crippen LogP contribution in [0, 0.1) is 5.41 Å². The fourth-order valence-electron chi connectivity index (χ4n) is 5.42. The Bertz CT molecular complexity index is 783. The second kappa shape index (κ2) is 3.62. The lowest BCUT2D eigenvalue weighted by Crippen LogP contribution is -2.60. The summed E-state index contributed by atoms with van der Waals surface area (Å²) in [7, 11) is 0. The molecule has 3 aliphatic rings. The molecule has 2 heterocycles. The summed E-state index contributed by atoms with van der Waals surface area (Å²) in [6.07, 6.45) is 4.50. The van der Waals surface area contributed by atoms with Gasteiger partial charge in [-0.25, -0.2) is 0 Å². The van der Waals surface area contributed by atoms with Crippen LogP contribution in [0.25, 0.3) is 0 Å². The molecule has 3 atom stereocenters. The monoisotopic (exact) mass is 294 g/mol. The Balaban J connectivity index is 1.82. The van der Waals surface area contributed by atoms with Crippen LogP contribution in [0.2, 0.25) is 0 Å². The Morgan fingerprint density at radius 1 is 1.27 bits per heavy atom. The predicted molar refractivity (Wildman–Crippen MR) is 80.4 cm³/mol. The molecule has 5 rings (SSSR count). The van der Waals surface area contributed by atoms with E-state index in [1.807, 2.05) is 18.2 Å². The van der Waals surface area contributed by atoms with E-state index < -0.39 is 5.41 Å². The lowest BCUT2D eigenvalue weighted by Gasteiger charge is -2.48. The highest BCUT2D eigenvalue weighted by atomic mass is 16.5. The maximum Gasteiger partial charge on any atom is 0.231 e. The summed E-state index contributed by atoms with van der Waals surface area (Å²) in [5.41, 5.74) is 1.64. The van der Waals surface area contributed by atoms with Crippen molar-refractivity contribution in [2.75, 3.05) is 6.54 Å². The molecule has 2 aliphatic carbocycles. The van der Waals surface area contributed by atoms with Gasteiger partial charge < -0.3 is 9.84 Å². The zero-order valence-corrected chi connectivity index (χ0v) is 12.6. The quantitative estimate of drug-likeness (QED) is 0.878. The molecular formula is C18H18N2O2. The van der Waals surface area contributed by atoms with Gasteiger partial charge in [0, 0.05) is 22.9 Å². The van der Waals surface area contributed by atoms with Gasteiger partial charge in [-0.05, 0) is 24.8 Å². The lowest BCUT2D eigenvalue weighted by atomic mass is 9.55. The van der Waals surface area contributed by atoms with Crippen LogP contribution in [0.5, 0.6) is 0 Å². The number of hydrogen-bond donors (Lipinski definition) is 1. The Kier molecular flexibility index (Phi) is 2.05. The van der Waals surface area contributed by atoms with Gasteiger partial charge in [-0.15, -0.1) is 0 Å². The standard InChI is InChI=1S/C18H18N2O2/c1-16-11-17(16)7-8-19-15(21)18(17,13-5-3-2-4-6-13)9-12-10-20-22-14(12)16/h2-6,10H,7-9,11H2,1H3,(H,19,21)/t16?,17-,18+/m1/s1. The maximum atomic E-state index is 13.1. The van der Waals surface area contributed by atoms with Crippen LogP contribution < -0.4 is 5.32 Å². The molecular weight excluding hydrogens is 276 g/mol. The van der Waals surface area contributed by atoms with E-state index in [0.717, 1.165) is 36.3 Å². The van der Waals surface area contributed by atoms with Crippen molar-refractivity contribution in [3.63, 3.8) is 0 Å². The number of piperidine rings is 1. The van der Waals surface area contributed by atoms with E-state index in [2.05, 4.69) is 29.5 Å². The highest BCUT2D eigenvalue weighted by Crippen LogP contribution is 2.78. The van der Waals surface area contributed by atoms with Crippen LogP contribution >= 0.6 is 0 Å². The zero-order chi connectivity index (χ0) is 15.0. The van der Waals surface area contributed by atoms with Gasteiger partial charge in [-0.2, -0.15) is 0 Å². The second-order valence-electron chi connectivity index (χ2n) is 7.23. The summed E-state index contributed by atoms with van der Waals surface area (Å²) in [5, 5.41) is 7.15. The fourth-order valence-corrected chi connectivity index (χ4v) is 5.42. The van der Waals surface area contributed by atoms with E-state index >= 15 is 0 Å². The molecule has 1 aromatic carbocycles. The van der Waals surface area contributed by atoms with Gasteiger partial charge in [0.15, 0.2) is 0 Å². The number of carbonyl (C=O) groups excluding carboxylic acids is 1. The second-order valence-corrected chi connectivity index (χ2v) is 7.23. The van der Waals surface area contributed by atoms with Crippen LogP contribution in [-0.4, -0.2) is 17.6 Å². The average Bonchev–Trinajstić information content (AvgIpc) is 2.92. The molecule has 1 saturated carbocycles. The van der Waals surface area contributed by atoms with Crippen molar-refractivity contribution in [2.45, 2.75) is 37.0 Å². The number of fused-ring (bicyclic) bond motifs is 2. The van der Waals surface area contributed by atoms with Crippen molar-refractivity contribution in [1.82, 2.24) is 10.5 Å². The van der Waals surface area contributed by atoms with E-state index in [1.165, 1.54) is 0 Å². The lowest BCUT2D eigenvalue weighted by molar-refractivity contribution is -0.133. The molecule has 1 N–H and O–H groups in total. The van der Waals surface area contributed by atoms with Crippen LogP contribution in [0.4, 0.5) is 0 Å². The number of amides is 1. The minimum Gasteiger partial charge on any atom is -0.361 e. The number of rotatable bonds is 1. The highest BCUT2D eigenvalue weighted by Gasteiger charge is 2.81. The van der Waals surface area contributed by atoms with Crippen LogP contribution in [0.3, 0.4) is 0 Å². The molecule has 2 fully saturated rings. The number of nitrogens with one attached hydrogen (secondary N) is 1. The normalized spacial score (nSPS) is 38.5. The maximum absolute atomic E-state index is 13.1. The average molecular weight is 294 g/mol. The smallest absolute Gasteiger partial charge is 0.231 e. The predicted octanol–water partition coefficient (Wildman–Crippen LogP) is 2.34. The van der Waals surface area contributed by atoms with Crippen LogP contribution in [0.1, 0.15) is 36.7 Å². The molecule has 1 unspecified atom stereocenters. The van der Waals surface area contributed by atoms with Crippen LogP contribution in [0.15, 0.2) is 41.1 Å². The summed E-state index contributed by atoms with van der Waals surface area (Å²) in [4.78, 5) is 13.1. The van der Waals surface area contributed by atoms with Gasteiger partial charge in [-0.3, -0.25) is 4.79 Å². The van der Waals surface area contributed by atoms with Gasteiger partial charge in [0.1, 0.15) is 5.76 Å². The summed E-state index contributed by atoms with van der Waals surface area (Å²) in [5.74, 6) is 1.18. The number of nitrogens with zero attached hydrogens (tertiary/aromatic N) is 1. The van der Waals surface area contributed by atoms with Gasteiger partial charge in [0.2, 0.25) is 5.91 Å². The molecule has 1 saturated heterocycles. The third kappa shape index (κ3) is 1.11. The van der Waals surface area contributed by atoms with E-state index in [-0.39, 0.29) is 16.7 Å². The summed E-state index contributed by atoms with van der Waals surface area (Å²) in [6.45, 7) is 3.00. The number of carbonyl (C=O) groups is 1. The first kappa shape index (κ1) is 12.4. The Morgan fingerprint density at radius 2 is 2.09 bits per heavy atom. The van der Waals surface area contributed by atoms with Crippen molar-refractivity contribution < 1.29 is 9.32 Å².